The number of rotatable bonds is 1. The van der Waals surface area contributed by atoms with Gasteiger partial charge in [-0.3, -0.25) is 5.32 Å². The molecular weight excluding hydrogens is 114 g/mol. The van der Waals surface area contributed by atoms with E-state index < -0.39 is 0 Å². The normalized spacial score (nSPS) is 36.7. The van der Waals surface area contributed by atoms with Crippen molar-refractivity contribution in [3.05, 3.63) is 0 Å². The first-order valence-corrected chi connectivity index (χ1v) is 3.71. The Morgan fingerprint density at radius 3 is 2.89 bits per heavy atom. The molecule has 1 fully saturated rings. The van der Waals surface area contributed by atoms with E-state index >= 15 is 0 Å². The Labute approximate surface area is 56.6 Å². The summed E-state index contributed by atoms with van der Waals surface area (Å²) in [5, 5.41) is 3.22. The summed E-state index contributed by atoms with van der Waals surface area (Å²) in [7, 11) is 0. The van der Waals surface area contributed by atoms with Crippen LogP contribution in [-0.4, -0.2) is 18.9 Å². The molecule has 1 N–H and O–H groups in total. The van der Waals surface area contributed by atoms with E-state index in [4.69, 9.17) is 4.74 Å². The summed E-state index contributed by atoms with van der Waals surface area (Å²) >= 11 is 0. The maximum atomic E-state index is 5.52. The lowest BCUT2D eigenvalue weighted by Gasteiger charge is -2.27. The van der Waals surface area contributed by atoms with Crippen LogP contribution in [0, 0.1) is 0 Å². The second-order valence-corrected chi connectivity index (χ2v) is 2.55. The Kier molecular flexibility index (Phi) is 2.49. The molecule has 0 aromatic carbocycles. The van der Waals surface area contributed by atoms with Gasteiger partial charge in [-0.2, -0.15) is 0 Å². The van der Waals surface area contributed by atoms with Crippen LogP contribution in [0.5, 0.6) is 0 Å². The van der Waals surface area contributed by atoms with Gasteiger partial charge in [0.1, 0.15) is 6.23 Å². The van der Waals surface area contributed by atoms with Crippen molar-refractivity contribution >= 4 is 0 Å². The van der Waals surface area contributed by atoms with Crippen LogP contribution in [-0.2, 0) is 4.74 Å². The van der Waals surface area contributed by atoms with Crippen molar-refractivity contribution in [2.75, 3.05) is 6.54 Å². The van der Waals surface area contributed by atoms with Gasteiger partial charge in [-0.25, -0.2) is 0 Å². The molecule has 1 aliphatic heterocycles. The molecule has 0 radical (unpaired) electrons. The predicted molar refractivity (Wildman–Crippen MR) is 37.2 cm³/mol. The van der Waals surface area contributed by atoms with Crippen LogP contribution in [0.4, 0.5) is 0 Å². The summed E-state index contributed by atoms with van der Waals surface area (Å²) in [6.07, 6.45) is 3.08. The first-order valence-electron chi connectivity index (χ1n) is 3.71. The van der Waals surface area contributed by atoms with E-state index in [0.29, 0.717) is 6.10 Å². The van der Waals surface area contributed by atoms with Gasteiger partial charge in [0.25, 0.3) is 0 Å². The van der Waals surface area contributed by atoms with Gasteiger partial charge in [-0.15, -0.1) is 0 Å². The zero-order valence-electron chi connectivity index (χ0n) is 6.18. The quantitative estimate of drug-likeness (QED) is 0.573. The number of nitrogens with one attached hydrogen (secondary N) is 1. The molecule has 2 unspecified atom stereocenters. The van der Waals surface area contributed by atoms with Crippen LogP contribution >= 0.6 is 0 Å². The minimum absolute atomic E-state index is 0.267. The number of hydrogen-bond donors (Lipinski definition) is 1. The molecule has 2 atom stereocenters. The zero-order chi connectivity index (χ0) is 6.69. The van der Waals surface area contributed by atoms with Gasteiger partial charge in [0, 0.05) is 0 Å². The van der Waals surface area contributed by atoms with Crippen molar-refractivity contribution in [2.24, 2.45) is 0 Å². The first kappa shape index (κ1) is 7.03. The molecule has 0 aromatic rings. The number of ether oxygens (including phenoxy) is 1. The summed E-state index contributed by atoms with van der Waals surface area (Å²) in [6.45, 7) is 5.34. The Bertz CT molecular complexity index is 85.0. The zero-order valence-corrected chi connectivity index (χ0v) is 6.18. The van der Waals surface area contributed by atoms with Crippen LogP contribution in [0.3, 0.4) is 0 Å². The fraction of sp³-hybridized carbons (Fsp3) is 1.00. The molecule has 0 aliphatic carbocycles. The van der Waals surface area contributed by atoms with E-state index in [1.807, 2.05) is 0 Å². The second kappa shape index (κ2) is 3.18. The van der Waals surface area contributed by atoms with E-state index in [-0.39, 0.29) is 6.23 Å². The van der Waals surface area contributed by atoms with Gasteiger partial charge in [0.15, 0.2) is 0 Å². The Morgan fingerprint density at radius 2 is 2.44 bits per heavy atom. The van der Waals surface area contributed by atoms with E-state index in [2.05, 4.69) is 19.2 Å². The molecule has 1 aliphatic rings. The van der Waals surface area contributed by atoms with Gasteiger partial charge in [-0.1, -0.05) is 6.92 Å². The highest BCUT2D eigenvalue weighted by molar-refractivity contribution is 4.65. The maximum Gasteiger partial charge on any atom is 0.105 e. The van der Waals surface area contributed by atoms with Gasteiger partial charge >= 0.3 is 0 Å². The van der Waals surface area contributed by atoms with Gasteiger partial charge in [0.05, 0.1) is 6.10 Å². The average Bonchev–Trinajstić information content (AvgIpc) is 1.88. The summed E-state index contributed by atoms with van der Waals surface area (Å²) in [6, 6.07) is 0. The van der Waals surface area contributed by atoms with Crippen molar-refractivity contribution in [1.29, 1.82) is 0 Å². The minimum Gasteiger partial charge on any atom is -0.360 e. The summed E-state index contributed by atoms with van der Waals surface area (Å²) in [5.74, 6) is 0. The highest BCUT2D eigenvalue weighted by Gasteiger charge is 2.15. The molecule has 1 rings (SSSR count). The van der Waals surface area contributed by atoms with Crippen molar-refractivity contribution < 1.29 is 4.74 Å². The van der Waals surface area contributed by atoms with Crippen molar-refractivity contribution in [3.8, 4) is 0 Å². The molecule has 1 heterocycles. The molecule has 2 nitrogen and oxygen atoms in total. The lowest BCUT2D eigenvalue weighted by Crippen LogP contribution is -2.40. The van der Waals surface area contributed by atoms with E-state index in [0.717, 1.165) is 13.0 Å². The van der Waals surface area contributed by atoms with Crippen LogP contribution in [0.1, 0.15) is 26.7 Å². The lowest BCUT2D eigenvalue weighted by molar-refractivity contribution is -0.0518. The molecule has 0 saturated carbocycles. The fourth-order valence-electron chi connectivity index (χ4n) is 1.15. The SMILES string of the molecule is CCC1CCNC(C)O1. The Morgan fingerprint density at radius 1 is 1.67 bits per heavy atom. The predicted octanol–water partition coefficient (Wildman–Crippen LogP) is 1.12. The highest BCUT2D eigenvalue weighted by Crippen LogP contribution is 2.09. The molecule has 0 spiro atoms. The molecule has 0 bridgehead atoms. The van der Waals surface area contributed by atoms with E-state index in [9.17, 15) is 0 Å². The molecular formula is C7H15NO. The standard InChI is InChI=1S/C7H15NO/c1-3-7-4-5-8-6(2)9-7/h6-8H,3-5H2,1-2H3. The average molecular weight is 129 g/mol. The van der Waals surface area contributed by atoms with Gasteiger partial charge in [-0.05, 0) is 26.3 Å². The Hall–Kier alpha value is -0.0800. The molecule has 0 amide bonds. The molecule has 9 heavy (non-hydrogen) atoms. The molecule has 54 valence electrons. The van der Waals surface area contributed by atoms with Gasteiger partial charge < -0.3 is 4.74 Å². The summed E-state index contributed by atoms with van der Waals surface area (Å²) in [4.78, 5) is 0. The summed E-state index contributed by atoms with van der Waals surface area (Å²) < 4.78 is 5.52. The third kappa shape index (κ3) is 1.95. The van der Waals surface area contributed by atoms with E-state index in [1.54, 1.807) is 0 Å². The molecule has 0 aromatic heterocycles. The van der Waals surface area contributed by atoms with Crippen LogP contribution in [0.25, 0.3) is 0 Å². The largest absolute Gasteiger partial charge is 0.360 e. The van der Waals surface area contributed by atoms with Crippen molar-refractivity contribution in [2.45, 2.75) is 39.0 Å². The third-order valence-electron chi connectivity index (χ3n) is 1.75. The lowest BCUT2D eigenvalue weighted by atomic mass is 10.2. The Balaban J connectivity index is 2.23. The summed E-state index contributed by atoms with van der Waals surface area (Å²) in [5.41, 5.74) is 0. The van der Waals surface area contributed by atoms with Crippen molar-refractivity contribution in [3.63, 3.8) is 0 Å². The first-order chi connectivity index (χ1) is 4.33. The minimum atomic E-state index is 0.267. The third-order valence-corrected chi connectivity index (χ3v) is 1.75. The second-order valence-electron chi connectivity index (χ2n) is 2.55. The maximum absolute atomic E-state index is 5.52. The van der Waals surface area contributed by atoms with Crippen LogP contribution < -0.4 is 5.32 Å². The number of hydrogen-bond acceptors (Lipinski definition) is 2. The van der Waals surface area contributed by atoms with E-state index in [1.165, 1.54) is 6.42 Å². The van der Waals surface area contributed by atoms with Crippen molar-refractivity contribution in [1.82, 2.24) is 5.32 Å². The highest BCUT2D eigenvalue weighted by atomic mass is 16.5. The van der Waals surface area contributed by atoms with Crippen LogP contribution in [0.2, 0.25) is 0 Å². The molecule has 1 saturated heterocycles. The van der Waals surface area contributed by atoms with Crippen LogP contribution in [0.15, 0.2) is 0 Å². The smallest absolute Gasteiger partial charge is 0.105 e. The fourth-order valence-corrected chi connectivity index (χ4v) is 1.15. The monoisotopic (exact) mass is 129 g/mol. The van der Waals surface area contributed by atoms with Gasteiger partial charge in [0.2, 0.25) is 0 Å². The topological polar surface area (TPSA) is 21.3 Å². The molecule has 2 heteroatoms.